The second-order valence-electron chi connectivity index (χ2n) is 5.56. The molecule has 1 aromatic carbocycles. The number of amides is 1. The minimum absolute atomic E-state index is 0.0726. The lowest BCUT2D eigenvalue weighted by molar-refractivity contribution is 0.0946. The Bertz CT molecular complexity index is 648. The number of nitrogens with one attached hydrogen (secondary N) is 1. The van der Waals surface area contributed by atoms with Crippen LogP contribution in [-0.2, 0) is 0 Å². The van der Waals surface area contributed by atoms with E-state index >= 15 is 0 Å². The van der Waals surface area contributed by atoms with Gasteiger partial charge in [-0.1, -0.05) is 24.3 Å². The molecule has 0 spiro atoms. The van der Waals surface area contributed by atoms with Gasteiger partial charge in [-0.25, -0.2) is 4.98 Å². The molecular weight excluding hydrogens is 282 g/mol. The lowest BCUT2D eigenvalue weighted by Crippen LogP contribution is -2.38. The SMILES string of the molecule is Cc1ccccc1-c1nc(C(=O)NCC(N)C2CC2)cs1. The number of aryl methyl sites for hydroxylation is 1. The van der Waals surface area contributed by atoms with Crippen molar-refractivity contribution in [2.24, 2.45) is 11.7 Å². The molecule has 1 fully saturated rings. The normalized spacial score (nSPS) is 15.7. The second-order valence-corrected chi connectivity index (χ2v) is 6.42. The Kier molecular flexibility index (Phi) is 4.03. The van der Waals surface area contributed by atoms with Gasteiger partial charge in [0.25, 0.3) is 5.91 Å². The molecule has 2 aromatic rings. The van der Waals surface area contributed by atoms with E-state index < -0.39 is 0 Å². The zero-order valence-electron chi connectivity index (χ0n) is 12.0. The molecule has 3 N–H and O–H groups in total. The Balaban J connectivity index is 1.66. The zero-order valence-corrected chi connectivity index (χ0v) is 12.8. The van der Waals surface area contributed by atoms with E-state index in [1.807, 2.05) is 31.2 Å². The van der Waals surface area contributed by atoms with E-state index in [1.54, 1.807) is 5.38 Å². The third-order valence-electron chi connectivity index (χ3n) is 3.84. The number of rotatable bonds is 5. The fourth-order valence-electron chi connectivity index (χ4n) is 2.31. The van der Waals surface area contributed by atoms with E-state index in [0.29, 0.717) is 18.2 Å². The smallest absolute Gasteiger partial charge is 0.270 e. The molecule has 1 saturated carbocycles. The van der Waals surface area contributed by atoms with Crippen LogP contribution in [0.4, 0.5) is 0 Å². The van der Waals surface area contributed by atoms with E-state index in [4.69, 9.17) is 5.73 Å². The number of carbonyl (C=O) groups excluding carboxylic acids is 1. The van der Waals surface area contributed by atoms with Crippen LogP contribution in [0.15, 0.2) is 29.6 Å². The highest BCUT2D eigenvalue weighted by molar-refractivity contribution is 7.13. The molecule has 110 valence electrons. The molecule has 0 bridgehead atoms. The van der Waals surface area contributed by atoms with E-state index in [2.05, 4.69) is 10.3 Å². The van der Waals surface area contributed by atoms with Crippen molar-refractivity contribution in [2.45, 2.75) is 25.8 Å². The lowest BCUT2D eigenvalue weighted by Gasteiger charge is -2.10. The molecular formula is C16H19N3OS. The highest BCUT2D eigenvalue weighted by Gasteiger charge is 2.28. The fraction of sp³-hybridized carbons (Fsp3) is 0.375. The van der Waals surface area contributed by atoms with Gasteiger partial charge in [0.15, 0.2) is 0 Å². The van der Waals surface area contributed by atoms with Crippen LogP contribution >= 0.6 is 11.3 Å². The summed E-state index contributed by atoms with van der Waals surface area (Å²) in [6.45, 7) is 2.58. The van der Waals surface area contributed by atoms with Crippen molar-refractivity contribution in [3.63, 3.8) is 0 Å². The van der Waals surface area contributed by atoms with Gasteiger partial charge < -0.3 is 11.1 Å². The van der Waals surface area contributed by atoms with Crippen LogP contribution in [0.5, 0.6) is 0 Å². The van der Waals surface area contributed by atoms with E-state index in [1.165, 1.54) is 24.2 Å². The Labute approximate surface area is 128 Å². The van der Waals surface area contributed by atoms with Crippen molar-refractivity contribution in [3.8, 4) is 10.6 Å². The number of carbonyl (C=O) groups is 1. The Morgan fingerprint density at radius 2 is 2.24 bits per heavy atom. The molecule has 21 heavy (non-hydrogen) atoms. The fourth-order valence-corrected chi connectivity index (χ4v) is 3.20. The van der Waals surface area contributed by atoms with Gasteiger partial charge in [0.05, 0.1) is 0 Å². The first-order valence-corrected chi connectivity index (χ1v) is 8.08. The number of nitrogens with two attached hydrogens (primary N) is 1. The van der Waals surface area contributed by atoms with Gasteiger partial charge in [-0.15, -0.1) is 11.3 Å². The monoisotopic (exact) mass is 301 g/mol. The Morgan fingerprint density at radius 1 is 1.48 bits per heavy atom. The first-order chi connectivity index (χ1) is 10.1. The van der Waals surface area contributed by atoms with Crippen molar-refractivity contribution in [2.75, 3.05) is 6.54 Å². The topological polar surface area (TPSA) is 68.0 Å². The summed E-state index contributed by atoms with van der Waals surface area (Å²) in [6.07, 6.45) is 2.37. The van der Waals surface area contributed by atoms with Crippen molar-refractivity contribution in [1.29, 1.82) is 0 Å². The number of thiazole rings is 1. The summed E-state index contributed by atoms with van der Waals surface area (Å²) in [5.74, 6) is 0.449. The summed E-state index contributed by atoms with van der Waals surface area (Å²) in [6, 6.07) is 8.13. The van der Waals surface area contributed by atoms with Crippen LogP contribution in [0.25, 0.3) is 10.6 Å². The van der Waals surface area contributed by atoms with Gasteiger partial charge in [0, 0.05) is 23.5 Å². The minimum atomic E-state index is -0.137. The molecule has 1 atom stereocenters. The maximum absolute atomic E-state index is 12.1. The number of hydrogen-bond donors (Lipinski definition) is 2. The summed E-state index contributed by atoms with van der Waals surface area (Å²) >= 11 is 1.49. The molecule has 0 saturated heterocycles. The highest BCUT2D eigenvalue weighted by Crippen LogP contribution is 2.31. The third-order valence-corrected chi connectivity index (χ3v) is 4.71. The average Bonchev–Trinajstić information content (AvgIpc) is 3.23. The molecule has 3 rings (SSSR count). The predicted octanol–water partition coefficient (Wildman–Crippen LogP) is 2.59. The Hall–Kier alpha value is -1.72. The van der Waals surface area contributed by atoms with E-state index in [9.17, 15) is 4.79 Å². The van der Waals surface area contributed by atoms with Crippen LogP contribution < -0.4 is 11.1 Å². The van der Waals surface area contributed by atoms with Crippen LogP contribution in [0, 0.1) is 12.8 Å². The number of hydrogen-bond acceptors (Lipinski definition) is 4. The van der Waals surface area contributed by atoms with Crippen LogP contribution in [-0.4, -0.2) is 23.5 Å². The summed E-state index contributed by atoms with van der Waals surface area (Å²) in [4.78, 5) is 16.5. The predicted molar refractivity (Wildman–Crippen MR) is 85.3 cm³/mol. The number of nitrogens with zero attached hydrogens (tertiary/aromatic N) is 1. The molecule has 1 aliphatic carbocycles. The van der Waals surface area contributed by atoms with Gasteiger partial charge in [-0.05, 0) is 31.2 Å². The van der Waals surface area contributed by atoms with E-state index in [-0.39, 0.29) is 11.9 Å². The van der Waals surface area contributed by atoms with Crippen molar-refractivity contribution in [1.82, 2.24) is 10.3 Å². The first-order valence-electron chi connectivity index (χ1n) is 7.20. The summed E-state index contributed by atoms with van der Waals surface area (Å²) in [5, 5.41) is 5.56. The molecule has 1 aliphatic rings. The lowest BCUT2D eigenvalue weighted by atomic mass is 10.1. The highest BCUT2D eigenvalue weighted by atomic mass is 32.1. The summed E-state index contributed by atoms with van der Waals surface area (Å²) in [7, 11) is 0. The molecule has 1 unspecified atom stereocenters. The quantitative estimate of drug-likeness (QED) is 0.892. The van der Waals surface area contributed by atoms with Gasteiger partial charge in [0.2, 0.25) is 0 Å². The van der Waals surface area contributed by atoms with Gasteiger partial charge in [-0.3, -0.25) is 4.79 Å². The molecule has 0 radical (unpaired) electrons. The molecule has 4 nitrogen and oxygen atoms in total. The molecule has 1 aromatic heterocycles. The maximum atomic E-state index is 12.1. The van der Waals surface area contributed by atoms with Crippen LogP contribution in [0.3, 0.4) is 0 Å². The number of aromatic nitrogens is 1. The molecule has 5 heteroatoms. The third kappa shape index (κ3) is 3.31. The standard InChI is InChI=1S/C16H19N3OS/c1-10-4-2-3-5-12(10)16-19-14(9-21-16)15(20)18-8-13(17)11-6-7-11/h2-5,9,11,13H,6-8,17H2,1H3,(H,18,20). The van der Waals surface area contributed by atoms with Gasteiger partial charge in [0.1, 0.15) is 10.7 Å². The van der Waals surface area contributed by atoms with Crippen molar-refractivity contribution >= 4 is 17.2 Å². The van der Waals surface area contributed by atoms with Gasteiger partial charge in [-0.2, -0.15) is 0 Å². The van der Waals surface area contributed by atoms with Crippen molar-refractivity contribution < 1.29 is 4.79 Å². The van der Waals surface area contributed by atoms with E-state index in [0.717, 1.165) is 16.1 Å². The van der Waals surface area contributed by atoms with Crippen molar-refractivity contribution in [3.05, 3.63) is 40.9 Å². The first kappa shape index (κ1) is 14.2. The van der Waals surface area contributed by atoms with Crippen LogP contribution in [0.1, 0.15) is 28.9 Å². The zero-order chi connectivity index (χ0) is 14.8. The molecule has 1 heterocycles. The molecule has 0 aliphatic heterocycles. The maximum Gasteiger partial charge on any atom is 0.270 e. The Morgan fingerprint density at radius 3 is 2.95 bits per heavy atom. The largest absolute Gasteiger partial charge is 0.349 e. The van der Waals surface area contributed by atoms with Crippen LogP contribution in [0.2, 0.25) is 0 Å². The average molecular weight is 301 g/mol. The molecule has 1 amide bonds. The number of benzene rings is 1. The second kappa shape index (κ2) is 5.95. The minimum Gasteiger partial charge on any atom is -0.349 e. The summed E-state index contributed by atoms with van der Waals surface area (Å²) < 4.78 is 0. The summed E-state index contributed by atoms with van der Waals surface area (Å²) in [5.41, 5.74) is 8.70. The van der Waals surface area contributed by atoms with Gasteiger partial charge >= 0.3 is 0 Å².